The summed E-state index contributed by atoms with van der Waals surface area (Å²) in [5.41, 5.74) is 0.925. The van der Waals surface area contributed by atoms with E-state index in [2.05, 4.69) is 4.98 Å². The van der Waals surface area contributed by atoms with Crippen LogP contribution in [0.3, 0.4) is 0 Å². The lowest BCUT2D eigenvalue weighted by atomic mass is 10.2. The first-order chi connectivity index (χ1) is 8.79. The number of nitrogens with zero attached hydrogens (tertiary/aromatic N) is 2. The van der Waals surface area contributed by atoms with Gasteiger partial charge in [-0.3, -0.25) is 4.98 Å². The van der Waals surface area contributed by atoms with Gasteiger partial charge in [-0.05, 0) is 24.3 Å². The highest BCUT2D eigenvalue weighted by molar-refractivity contribution is 5.79. The van der Waals surface area contributed by atoms with E-state index in [4.69, 9.17) is 10.00 Å². The molecule has 92 valence electrons. The Hall–Kier alpha value is -2.12. The van der Waals surface area contributed by atoms with E-state index >= 15 is 0 Å². The van der Waals surface area contributed by atoms with Gasteiger partial charge < -0.3 is 9.84 Å². The number of pyridine rings is 1. The molecule has 1 N–H and O–H groups in total. The summed E-state index contributed by atoms with van der Waals surface area (Å²) in [4.78, 5) is 4.22. The van der Waals surface area contributed by atoms with Crippen LogP contribution in [0.25, 0.3) is 10.9 Å². The van der Waals surface area contributed by atoms with Crippen molar-refractivity contribution in [3.63, 3.8) is 0 Å². The highest BCUT2D eigenvalue weighted by Gasteiger charge is 2.04. The molecule has 1 atom stereocenters. The van der Waals surface area contributed by atoms with E-state index in [1.165, 1.54) is 0 Å². The molecule has 1 aromatic heterocycles. The summed E-state index contributed by atoms with van der Waals surface area (Å²) in [6, 6.07) is 11.4. The second-order valence-corrected chi connectivity index (χ2v) is 4.01. The van der Waals surface area contributed by atoms with E-state index < -0.39 is 6.10 Å². The van der Waals surface area contributed by atoms with Crippen LogP contribution in [0.2, 0.25) is 0 Å². The Labute approximate surface area is 105 Å². The van der Waals surface area contributed by atoms with Gasteiger partial charge >= 0.3 is 0 Å². The van der Waals surface area contributed by atoms with Gasteiger partial charge in [-0.15, -0.1) is 0 Å². The molecule has 1 aromatic carbocycles. The van der Waals surface area contributed by atoms with Gasteiger partial charge in [0.2, 0.25) is 0 Å². The maximum absolute atomic E-state index is 9.39. The summed E-state index contributed by atoms with van der Waals surface area (Å²) in [6.45, 7) is 0.397. The molecule has 2 rings (SSSR count). The zero-order chi connectivity index (χ0) is 12.8. The van der Waals surface area contributed by atoms with Crippen molar-refractivity contribution in [1.82, 2.24) is 4.98 Å². The van der Waals surface area contributed by atoms with Crippen molar-refractivity contribution in [3.8, 4) is 11.8 Å². The molecule has 1 unspecified atom stereocenters. The third-order valence-corrected chi connectivity index (χ3v) is 2.62. The van der Waals surface area contributed by atoms with Crippen LogP contribution in [0.15, 0.2) is 36.5 Å². The maximum Gasteiger partial charge on any atom is 0.120 e. The average Bonchev–Trinajstić information content (AvgIpc) is 2.39. The molecule has 0 aliphatic rings. The third kappa shape index (κ3) is 3.19. The minimum absolute atomic E-state index is 0.144. The molecule has 0 amide bonds. The Morgan fingerprint density at radius 1 is 1.39 bits per heavy atom. The minimum Gasteiger partial charge on any atom is -0.493 e. The lowest BCUT2D eigenvalue weighted by Crippen LogP contribution is -2.10. The van der Waals surface area contributed by atoms with Crippen molar-refractivity contribution in [3.05, 3.63) is 36.5 Å². The number of ether oxygens (including phenoxy) is 1. The number of aliphatic hydroxyl groups is 1. The van der Waals surface area contributed by atoms with Gasteiger partial charge in [-0.1, -0.05) is 6.07 Å². The SMILES string of the molecule is N#CCC(O)CCOc1ccc2ncccc2c1. The van der Waals surface area contributed by atoms with E-state index in [0.29, 0.717) is 13.0 Å². The largest absolute Gasteiger partial charge is 0.493 e. The fraction of sp³-hybridized carbons (Fsp3) is 0.286. The predicted octanol–water partition coefficient (Wildman–Crippen LogP) is 2.28. The summed E-state index contributed by atoms with van der Waals surface area (Å²) < 4.78 is 5.53. The molecule has 0 radical (unpaired) electrons. The fourth-order valence-corrected chi connectivity index (χ4v) is 1.66. The number of aliphatic hydroxyl groups excluding tert-OH is 1. The Bertz CT molecular complexity index is 563. The molecule has 4 heteroatoms. The molecule has 0 saturated carbocycles. The van der Waals surface area contributed by atoms with Crippen LogP contribution in [-0.4, -0.2) is 22.8 Å². The monoisotopic (exact) mass is 242 g/mol. The number of rotatable bonds is 5. The Morgan fingerprint density at radius 2 is 2.28 bits per heavy atom. The molecule has 0 spiro atoms. The van der Waals surface area contributed by atoms with Crippen LogP contribution < -0.4 is 4.74 Å². The fourth-order valence-electron chi connectivity index (χ4n) is 1.66. The first kappa shape index (κ1) is 12.3. The third-order valence-electron chi connectivity index (χ3n) is 2.62. The molecule has 2 aromatic rings. The normalized spacial score (nSPS) is 12.0. The highest BCUT2D eigenvalue weighted by Crippen LogP contribution is 2.19. The van der Waals surface area contributed by atoms with E-state index in [-0.39, 0.29) is 6.42 Å². The summed E-state index contributed by atoms with van der Waals surface area (Å²) in [5, 5.41) is 18.8. The van der Waals surface area contributed by atoms with Crippen molar-refractivity contribution >= 4 is 10.9 Å². The van der Waals surface area contributed by atoms with Crippen LogP contribution in [-0.2, 0) is 0 Å². The van der Waals surface area contributed by atoms with Crippen LogP contribution in [0.4, 0.5) is 0 Å². The van der Waals surface area contributed by atoms with Crippen molar-refractivity contribution < 1.29 is 9.84 Å². The number of hydrogen-bond acceptors (Lipinski definition) is 4. The van der Waals surface area contributed by atoms with Gasteiger partial charge in [0.25, 0.3) is 0 Å². The van der Waals surface area contributed by atoms with E-state index in [9.17, 15) is 5.11 Å². The van der Waals surface area contributed by atoms with E-state index in [1.54, 1.807) is 6.20 Å². The maximum atomic E-state index is 9.39. The smallest absolute Gasteiger partial charge is 0.120 e. The Kier molecular flexibility index (Phi) is 4.11. The van der Waals surface area contributed by atoms with Gasteiger partial charge in [-0.25, -0.2) is 0 Å². The molecule has 0 saturated heterocycles. The number of benzene rings is 1. The second-order valence-electron chi connectivity index (χ2n) is 4.01. The topological polar surface area (TPSA) is 66.1 Å². The molecular weight excluding hydrogens is 228 g/mol. The zero-order valence-corrected chi connectivity index (χ0v) is 9.91. The first-order valence-electron chi connectivity index (χ1n) is 5.82. The quantitative estimate of drug-likeness (QED) is 0.873. The Balaban J connectivity index is 1.94. The van der Waals surface area contributed by atoms with Crippen LogP contribution >= 0.6 is 0 Å². The molecular formula is C14H14N2O2. The summed E-state index contributed by atoms with van der Waals surface area (Å²) >= 11 is 0. The second kappa shape index (κ2) is 5.99. The van der Waals surface area contributed by atoms with E-state index in [0.717, 1.165) is 16.7 Å². The average molecular weight is 242 g/mol. The molecule has 0 bridgehead atoms. The molecule has 0 fully saturated rings. The number of fused-ring (bicyclic) bond motifs is 1. The standard InChI is InChI=1S/C14H14N2O2/c15-7-5-12(17)6-9-18-13-3-4-14-11(10-13)2-1-8-16-14/h1-4,8,10,12,17H,5-6,9H2. The summed E-state index contributed by atoms with van der Waals surface area (Å²) in [7, 11) is 0. The molecule has 0 aliphatic heterocycles. The lowest BCUT2D eigenvalue weighted by molar-refractivity contribution is 0.143. The van der Waals surface area contributed by atoms with Gasteiger partial charge in [0, 0.05) is 18.0 Å². The predicted molar refractivity (Wildman–Crippen MR) is 68.1 cm³/mol. The lowest BCUT2D eigenvalue weighted by Gasteiger charge is -2.09. The Morgan fingerprint density at radius 3 is 3.11 bits per heavy atom. The van der Waals surface area contributed by atoms with Crippen LogP contribution in [0.1, 0.15) is 12.8 Å². The number of aromatic nitrogens is 1. The van der Waals surface area contributed by atoms with Crippen LogP contribution in [0, 0.1) is 11.3 Å². The minimum atomic E-state index is -0.614. The van der Waals surface area contributed by atoms with Gasteiger partial charge in [0.1, 0.15) is 5.75 Å². The van der Waals surface area contributed by atoms with Crippen molar-refractivity contribution in [2.45, 2.75) is 18.9 Å². The molecule has 4 nitrogen and oxygen atoms in total. The highest BCUT2D eigenvalue weighted by atomic mass is 16.5. The van der Waals surface area contributed by atoms with Gasteiger partial charge in [-0.2, -0.15) is 5.26 Å². The van der Waals surface area contributed by atoms with Gasteiger partial charge in [0.05, 0.1) is 30.7 Å². The molecule has 18 heavy (non-hydrogen) atoms. The van der Waals surface area contributed by atoms with Crippen molar-refractivity contribution in [2.75, 3.05) is 6.61 Å². The summed E-state index contributed by atoms with van der Waals surface area (Å²) in [6.07, 6.45) is 1.74. The van der Waals surface area contributed by atoms with Gasteiger partial charge in [0.15, 0.2) is 0 Å². The first-order valence-corrected chi connectivity index (χ1v) is 5.82. The molecule has 0 aliphatic carbocycles. The number of nitriles is 1. The van der Waals surface area contributed by atoms with Crippen molar-refractivity contribution in [2.24, 2.45) is 0 Å². The van der Waals surface area contributed by atoms with Crippen LogP contribution in [0.5, 0.6) is 5.75 Å². The molecule has 1 heterocycles. The van der Waals surface area contributed by atoms with Crippen molar-refractivity contribution in [1.29, 1.82) is 5.26 Å². The zero-order valence-electron chi connectivity index (χ0n) is 9.91. The summed E-state index contributed by atoms with van der Waals surface area (Å²) in [5.74, 6) is 0.750. The van der Waals surface area contributed by atoms with E-state index in [1.807, 2.05) is 36.4 Å². The number of hydrogen-bond donors (Lipinski definition) is 1.